The fourth-order valence-electron chi connectivity index (χ4n) is 2.39. The summed E-state index contributed by atoms with van der Waals surface area (Å²) in [7, 11) is 0. The average Bonchev–Trinajstić information content (AvgIpc) is 2.50. The standard InChI is InChI=1S/C16H20N2O3/c1-2-3-8-18(9-10-19)15-13-7-5-4-6-12(13)14(11-17-15)16(20)21/h4-7,11,19H,2-3,8-10H2,1H3,(H,20,21). The third kappa shape index (κ3) is 3.31. The number of hydrogen-bond donors (Lipinski definition) is 2. The molecule has 112 valence electrons. The van der Waals surface area contributed by atoms with Gasteiger partial charge in [0, 0.05) is 30.1 Å². The van der Waals surface area contributed by atoms with Gasteiger partial charge in [0.15, 0.2) is 0 Å². The lowest BCUT2D eigenvalue weighted by Gasteiger charge is -2.24. The first-order chi connectivity index (χ1) is 10.2. The lowest BCUT2D eigenvalue weighted by molar-refractivity contribution is 0.0698. The summed E-state index contributed by atoms with van der Waals surface area (Å²) in [6.45, 7) is 3.43. The predicted molar refractivity (Wildman–Crippen MR) is 82.9 cm³/mol. The van der Waals surface area contributed by atoms with Crippen LogP contribution in [0.5, 0.6) is 0 Å². The highest BCUT2D eigenvalue weighted by atomic mass is 16.4. The Hall–Kier alpha value is -2.14. The average molecular weight is 288 g/mol. The second kappa shape index (κ2) is 7.04. The van der Waals surface area contributed by atoms with E-state index in [0.717, 1.165) is 30.6 Å². The molecule has 1 heterocycles. The summed E-state index contributed by atoms with van der Waals surface area (Å²) in [6, 6.07) is 7.36. The molecule has 21 heavy (non-hydrogen) atoms. The van der Waals surface area contributed by atoms with E-state index < -0.39 is 5.97 Å². The topological polar surface area (TPSA) is 73.7 Å². The van der Waals surface area contributed by atoms with Crippen molar-refractivity contribution in [2.45, 2.75) is 19.8 Å². The molecule has 0 unspecified atom stereocenters. The minimum Gasteiger partial charge on any atom is -0.478 e. The largest absolute Gasteiger partial charge is 0.478 e. The number of rotatable bonds is 7. The minimum absolute atomic E-state index is 0.0421. The Morgan fingerprint density at radius 3 is 2.57 bits per heavy atom. The minimum atomic E-state index is -0.979. The van der Waals surface area contributed by atoms with Crippen LogP contribution in [0.15, 0.2) is 30.5 Å². The summed E-state index contributed by atoms with van der Waals surface area (Å²) in [5.41, 5.74) is 0.203. The van der Waals surface area contributed by atoms with Crippen molar-refractivity contribution in [3.8, 4) is 0 Å². The molecule has 0 saturated carbocycles. The Labute approximate surface area is 123 Å². The van der Waals surface area contributed by atoms with Crippen molar-refractivity contribution in [3.05, 3.63) is 36.0 Å². The van der Waals surface area contributed by atoms with E-state index >= 15 is 0 Å². The number of carbonyl (C=O) groups is 1. The first-order valence-electron chi connectivity index (χ1n) is 7.15. The first-order valence-corrected chi connectivity index (χ1v) is 7.15. The third-order valence-corrected chi connectivity index (χ3v) is 3.46. The summed E-state index contributed by atoms with van der Waals surface area (Å²) < 4.78 is 0. The van der Waals surface area contributed by atoms with Crippen molar-refractivity contribution in [3.63, 3.8) is 0 Å². The summed E-state index contributed by atoms with van der Waals surface area (Å²) in [4.78, 5) is 17.6. The van der Waals surface area contributed by atoms with E-state index in [-0.39, 0.29) is 12.2 Å². The van der Waals surface area contributed by atoms with Crippen molar-refractivity contribution in [1.82, 2.24) is 4.98 Å². The van der Waals surface area contributed by atoms with Gasteiger partial charge in [0.05, 0.1) is 12.2 Å². The van der Waals surface area contributed by atoms with Gasteiger partial charge in [0.1, 0.15) is 5.82 Å². The molecule has 0 aliphatic rings. The molecule has 2 aromatic rings. The number of fused-ring (bicyclic) bond motifs is 1. The number of aliphatic hydroxyl groups excluding tert-OH is 1. The van der Waals surface area contributed by atoms with Crippen LogP contribution >= 0.6 is 0 Å². The molecule has 0 aliphatic carbocycles. The number of carboxylic acids is 1. The molecule has 0 radical (unpaired) electrons. The fraction of sp³-hybridized carbons (Fsp3) is 0.375. The summed E-state index contributed by atoms with van der Waals surface area (Å²) in [5, 5.41) is 20.0. The molecule has 0 bridgehead atoms. The maximum atomic E-state index is 11.3. The van der Waals surface area contributed by atoms with E-state index in [9.17, 15) is 15.0 Å². The second-order valence-corrected chi connectivity index (χ2v) is 4.91. The SMILES string of the molecule is CCCCN(CCO)c1ncc(C(=O)O)c2ccccc12. The van der Waals surface area contributed by atoms with Crippen molar-refractivity contribution >= 4 is 22.6 Å². The van der Waals surface area contributed by atoms with Crippen LogP contribution in [-0.4, -0.2) is 40.9 Å². The van der Waals surface area contributed by atoms with Gasteiger partial charge >= 0.3 is 5.97 Å². The zero-order valence-corrected chi connectivity index (χ0v) is 12.1. The van der Waals surface area contributed by atoms with Gasteiger partial charge in [-0.05, 0) is 6.42 Å². The normalized spacial score (nSPS) is 10.8. The highest BCUT2D eigenvalue weighted by Gasteiger charge is 2.16. The number of pyridine rings is 1. The van der Waals surface area contributed by atoms with Crippen molar-refractivity contribution in [1.29, 1.82) is 0 Å². The molecule has 5 heteroatoms. The number of hydrogen-bond acceptors (Lipinski definition) is 4. The van der Waals surface area contributed by atoms with Crippen LogP contribution in [0.1, 0.15) is 30.1 Å². The molecule has 2 rings (SSSR count). The van der Waals surface area contributed by atoms with Crippen LogP contribution in [0.4, 0.5) is 5.82 Å². The lowest BCUT2D eigenvalue weighted by atomic mass is 10.1. The van der Waals surface area contributed by atoms with Gasteiger partial charge in [-0.25, -0.2) is 9.78 Å². The van der Waals surface area contributed by atoms with E-state index in [2.05, 4.69) is 11.9 Å². The van der Waals surface area contributed by atoms with E-state index in [1.165, 1.54) is 6.20 Å². The maximum absolute atomic E-state index is 11.3. The molecule has 1 aromatic heterocycles. The third-order valence-electron chi connectivity index (χ3n) is 3.46. The van der Waals surface area contributed by atoms with Crippen LogP contribution in [0, 0.1) is 0 Å². The molecule has 0 fully saturated rings. The lowest BCUT2D eigenvalue weighted by Crippen LogP contribution is -2.29. The van der Waals surface area contributed by atoms with Gasteiger partial charge in [0.25, 0.3) is 0 Å². The molecule has 0 saturated heterocycles. The number of nitrogens with zero attached hydrogens (tertiary/aromatic N) is 2. The Bertz CT molecular complexity index is 628. The number of aromatic nitrogens is 1. The zero-order chi connectivity index (χ0) is 15.2. The summed E-state index contributed by atoms with van der Waals surface area (Å²) in [5.74, 6) is -0.245. The molecular weight excluding hydrogens is 268 g/mol. The van der Waals surface area contributed by atoms with E-state index in [1.54, 1.807) is 6.07 Å². The van der Waals surface area contributed by atoms with Crippen LogP contribution in [0.3, 0.4) is 0 Å². The Balaban J connectivity index is 2.52. The number of aromatic carboxylic acids is 1. The number of aliphatic hydroxyl groups is 1. The number of benzene rings is 1. The van der Waals surface area contributed by atoms with Crippen molar-refractivity contribution in [2.24, 2.45) is 0 Å². The van der Waals surface area contributed by atoms with Gasteiger partial charge in [-0.15, -0.1) is 0 Å². The molecule has 1 aromatic carbocycles. The van der Waals surface area contributed by atoms with Gasteiger partial charge in [-0.2, -0.15) is 0 Å². The van der Waals surface area contributed by atoms with Gasteiger partial charge < -0.3 is 15.1 Å². The van der Waals surface area contributed by atoms with Crippen molar-refractivity contribution < 1.29 is 15.0 Å². The monoisotopic (exact) mass is 288 g/mol. The molecule has 0 atom stereocenters. The Morgan fingerprint density at radius 2 is 1.95 bits per heavy atom. The quantitative estimate of drug-likeness (QED) is 0.819. The highest BCUT2D eigenvalue weighted by Crippen LogP contribution is 2.27. The van der Waals surface area contributed by atoms with Crippen molar-refractivity contribution in [2.75, 3.05) is 24.6 Å². The molecule has 5 nitrogen and oxygen atoms in total. The Kier molecular flexibility index (Phi) is 5.11. The fourth-order valence-corrected chi connectivity index (χ4v) is 2.39. The van der Waals surface area contributed by atoms with Crippen LogP contribution in [0.25, 0.3) is 10.8 Å². The number of carboxylic acid groups (broad SMARTS) is 1. The van der Waals surface area contributed by atoms with Crippen LogP contribution in [0.2, 0.25) is 0 Å². The maximum Gasteiger partial charge on any atom is 0.337 e. The molecule has 0 aliphatic heterocycles. The molecular formula is C16H20N2O3. The molecule has 0 amide bonds. The highest BCUT2D eigenvalue weighted by molar-refractivity contribution is 6.06. The number of anilines is 1. The van der Waals surface area contributed by atoms with Gasteiger partial charge in [-0.1, -0.05) is 37.6 Å². The van der Waals surface area contributed by atoms with Gasteiger partial charge in [-0.3, -0.25) is 0 Å². The molecule has 0 spiro atoms. The number of unbranched alkanes of at least 4 members (excludes halogenated alkanes) is 1. The van der Waals surface area contributed by atoms with E-state index in [1.807, 2.05) is 23.1 Å². The summed E-state index contributed by atoms with van der Waals surface area (Å²) >= 11 is 0. The van der Waals surface area contributed by atoms with Crippen LogP contribution in [-0.2, 0) is 0 Å². The van der Waals surface area contributed by atoms with Gasteiger partial charge in [0.2, 0.25) is 0 Å². The summed E-state index contributed by atoms with van der Waals surface area (Å²) in [6.07, 6.45) is 3.44. The smallest absolute Gasteiger partial charge is 0.337 e. The molecule has 2 N–H and O–H groups in total. The predicted octanol–water partition coefficient (Wildman–Crippen LogP) is 2.53. The van der Waals surface area contributed by atoms with E-state index in [4.69, 9.17) is 0 Å². The van der Waals surface area contributed by atoms with Crippen LogP contribution < -0.4 is 4.90 Å². The first kappa shape index (κ1) is 15.3. The van der Waals surface area contributed by atoms with E-state index in [0.29, 0.717) is 11.9 Å². The second-order valence-electron chi connectivity index (χ2n) is 4.91. The zero-order valence-electron chi connectivity index (χ0n) is 12.1. The Morgan fingerprint density at radius 1 is 1.24 bits per heavy atom.